The van der Waals surface area contributed by atoms with Crippen molar-refractivity contribution in [3.63, 3.8) is 0 Å². The van der Waals surface area contributed by atoms with Crippen LogP contribution in [0.3, 0.4) is 0 Å². The smallest absolute Gasteiger partial charge is 0.336 e. The van der Waals surface area contributed by atoms with Crippen molar-refractivity contribution in [3.8, 4) is 0 Å². The average molecular weight is 344 g/mol. The maximum absolute atomic E-state index is 11.8. The maximum atomic E-state index is 11.8. The predicted molar refractivity (Wildman–Crippen MR) is 75.7 cm³/mol. The molecule has 0 spiro atoms. The Hall–Kier alpha value is -1.46. The van der Waals surface area contributed by atoms with Gasteiger partial charge >= 0.3 is 5.63 Å². The van der Waals surface area contributed by atoms with Gasteiger partial charge in [-0.05, 0) is 18.2 Å². The molecule has 0 unspecified atom stereocenters. The second-order valence-corrected chi connectivity index (χ2v) is 4.63. The Kier molecular flexibility index (Phi) is 4.17. The lowest BCUT2D eigenvalue weighted by Gasteiger charge is -2.06. The molecule has 0 aliphatic heterocycles. The quantitative estimate of drug-likeness (QED) is 0.486. The molecule has 0 atom stereocenters. The summed E-state index contributed by atoms with van der Waals surface area (Å²) in [5.41, 5.74) is 0.237. The first-order chi connectivity index (χ1) is 9.06. The number of hydrogen-bond acceptors (Lipinski definition) is 4. The molecule has 1 aromatic carbocycles. The minimum atomic E-state index is -0.541. The van der Waals surface area contributed by atoms with E-state index in [-0.39, 0.29) is 33.9 Å². The van der Waals surface area contributed by atoms with Crippen LogP contribution in [-0.2, 0) is 0 Å². The van der Waals surface area contributed by atoms with Gasteiger partial charge in [0.2, 0.25) is 0 Å². The SMILES string of the molecule is O=C(CBr)c1cc(C(=O)CCl)c2ccc(=O)oc2c1. The van der Waals surface area contributed by atoms with Crippen LogP contribution in [0.4, 0.5) is 0 Å². The van der Waals surface area contributed by atoms with Gasteiger partial charge in [-0.25, -0.2) is 4.79 Å². The van der Waals surface area contributed by atoms with Crippen molar-refractivity contribution in [3.05, 3.63) is 45.8 Å². The zero-order valence-electron chi connectivity index (χ0n) is 9.61. The van der Waals surface area contributed by atoms with Gasteiger partial charge in [-0.15, -0.1) is 11.6 Å². The first-order valence-corrected chi connectivity index (χ1v) is 6.98. The lowest BCUT2D eigenvalue weighted by Crippen LogP contribution is -2.08. The van der Waals surface area contributed by atoms with Crippen molar-refractivity contribution < 1.29 is 14.0 Å². The molecule has 2 aromatic rings. The number of alkyl halides is 2. The van der Waals surface area contributed by atoms with Crippen LogP contribution in [-0.4, -0.2) is 22.8 Å². The summed E-state index contributed by atoms with van der Waals surface area (Å²) < 4.78 is 5.01. The highest BCUT2D eigenvalue weighted by Crippen LogP contribution is 2.21. The summed E-state index contributed by atoms with van der Waals surface area (Å²) in [7, 11) is 0. The second-order valence-electron chi connectivity index (χ2n) is 3.80. The average Bonchev–Trinajstić information content (AvgIpc) is 2.43. The molecule has 1 heterocycles. The lowest BCUT2D eigenvalue weighted by molar-refractivity contribution is 0.102. The van der Waals surface area contributed by atoms with E-state index in [9.17, 15) is 14.4 Å². The van der Waals surface area contributed by atoms with E-state index in [1.54, 1.807) is 0 Å². The molecule has 98 valence electrons. The van der Waals surface area contributed by atoms with Crippen LogP contribution in [0.25, 0.3) is 11.0 Å². The summed E-state index contributed by atoms with van der Waals surface area (Å²) in [5.74, 6) is -0.748. The molecule has 0 saturated carbocycles. The number of ketones is 2. The lowest BCUT2D eigenvalue weighted by atomic mass is 10.0. The second kappa shape index (κ2) is 5.67. The van der Waals surface area contributed by atoms with Gasteiger partial charge in [0.05, 0.1) is 11.2 Å². The summed E-state index contributed by atoms with van der Waals surface area (Å²) in [6.45, 7) is 0. The molecule has 0 aliphatic rings. The summed E-state index contributed by atoms with van der Waals surface area (Å²) in [4.78, 5) is 34.7. The number of rotatable bonds is 4. The number of carbonyl (C=O) groups is 2. The van der Waals surface area contributed by atoms with Crippen LogP contribution in [0.1, 0.15) is 20.7 Å². The molecule has 6 heteroatoms. The Balaban J connectivity index is 2.79. The minimum absolute atomic E-state index is 0.115. The molecule has 0 radical (unpaired) electrons. The monoisotopic (exact) mass is 342 g/mol. The number of benzene rings is 1. The third-order valence-corrected chi connectivity index (χ3v) is 3.36. The molecule has 0 amide bonds. The van der Waals surface area contributed by atoms with Gasteiger partial charge < -0.3 is 4.42 Å². The summed E-state index contributed by atoms with van der Waals surface area (Å²) in [5, 5.41) is 0.584. The largest absolute Gasteiger partial charge is 0.423 e. The molecular weight excluding hydrogens is 335 g/mol. The van der Waals surface area contributed by atoms with E-state index < -0.39 is 5.63 Å². The van der Waals surface area contributed by atoms with Crippen LogP contribution in [0, 0.1) is 0 Å². The Morgan fingerprint density at radius 1 is 1.21 bits per heavy atom. The van der Waals surface area contributed by atoms with Crippen LogP contribution in [0.5, 0.6) is 0 Å². The van der Waals surface area contributed by atoms with Gasteiger partial charge in [-0.1, -0.05) is 15.9 Å². The van der Waals surface area contributed by atoms with E-state index in [1.807, 2.05) is 0 Å². The highest BCUT2D eigenvalue weighted by Gasteiger charge is 2.15. The molecule has 0 aliphatic carbocycles. The van der Waals surface area contributed by atoms with E-state index in [0.29, 0.717) is 10.9 Å². The number of carbonyl (C=O) groups excluding carboxylic acids is 2. The molecule has 0 N–H and O–H groups in total. The Morgan fingerprint density at radius 3 is 2.58 bits per heavy atom. The molecule has 2 rings (SSSR count). The van der Waals surface area contributed by atoms with Crippen molar-refractivity contribution in [1.82, 2.24) is 0 Å². The van der Waals surface area contributed by atoms with Crippen molar-refractivity contribution in [1.29, 1.82) is 0 Å². The van der Waals surface area contributed by atoms with Crippen LogP contribution >= 0.6 is 27.5 Å². The number of Topliss-reactive ketones (excluding diaryl/α,β-unsaturated/α-hetero) is 2. The number of fused-ring (bicyclic) bond motifs is 1. The molecular formula is C13H8BrClO4. The molecule has 0 saturated heterocycles. The third kappa shape index (κ3) is 2.77. The normalized spacial score (nSPS) is 10.6. The highest BCUT2D eigenvalue weighted by molar-refractivity contribution is 9.09. The Bertz CT molecular complexity index is 720. The predicted octanol–water partition coefficient (Wildman–Crippen LogP) is 2.79. The Labute approximate surface area is 121 Å². The van der Waals surface area contributed by atoms with Crippen molar-refractivity contribution >= 4 is 50.1 Å². The number of halogens is 2. The van der Waals surface area contributed by atoms with Gasteiger partial charge in [0.25, 0.3) is 0 Å². The van der Waals surface area contributed by atoms with Gasteiger partial charge in [0.1, 0.15) is 5.58 Å². The van der Waals surface area contributed by atoms with Crippen molar-refractivity contribution in [2.45, 2.75) is 0 Å². The topological polar surface area (TPSA) is 64.3 Å². The van der Waals surface area contributed by atoms with Gasteiger partial charge in [-0.2, -0.15) is 0 Å². The summed E-state index contributed by atoms with van der Waals surface area (Å²) in [6.07, 6.45) is 0. The van der Waals surface area contributed by atoms with E-state index in [2.05, 4.69) is 15.9 Å². The standard InChI is InChI=1S/C13H8BrClO4/c14-5-10(16)7-3-9(11(17)6-15)8-1-2-13(18)19-12(8)4-7/h1-4H,5-6H2. The van der Waals surface area contributed by atoms with Gasteiger partial charge in [0, 0.05) is 22.6 Å². The summed E-state index contributed by atoms with van der Waals surface area (Å²) >= 11 is 8.60. The van der Waals surface area contributed by atoms with E-state index in [1.165, 1.54) is 24.3 Å². The van der Waals surface area contributed by atoms with E-state index >= 15 is 0 Å². The molecule has 1 aromatic heterocycles. The van der Waals surface area contributed by atoms with Gasteiger partial charge in [-0.3, -0.25) is 9.59 Å². The highest BCUT2D eigenvalue weighted by atomic mass is 79.9. The van der Waals surface area contributed by atoms with Crippen LogP contribution in [0.15, 0.2) is 33.5 Å². The Morgan fingerprint density at radius 2 is 1.95 bits per heavy atom. The fraction of sp³-hybridized carbons (Fsp3) is 0.154. The van der Waals surface area contributed by atoms with Crippen molar-refractivity contribution in [2.75, 3.05) is 11.2 Å². The fourth-order valence-electron chi connectivity index (χ4n) is 1.72. The molecule has 0 fully saturated rings. The van der Waals surface area contributed by atoms with E-state index in [4.69, 9.17) is 16.0 Å². The van der Waals surface area contributed by atoms with E-state index in [0.717, 1.165) is 0 Å². The first kappa shape index (κ1) is 14.0. The zero-order valence-corrected chi connectivity index (χ0v) is 12.0. The fourth-order valence-corrected chi connectivity index (χ4v) is 2.19. The van der Waals surface area contributed by atoms with Crippen molar-refractivity contribution in [2.24, 2.45) is 0 Å². The maximum Gasteiger partial charge on any atom is 0.336 e. The van der Waals surface area contributed by atoms with Crippen LogP contribution in [0.2, 0.25) is 0 Å². The number of hydrogen-bond donors (Lipinski definition) is 0. The molecule has 19 heavy (non-hydrogen) atoms. The first-order valence-electron chi connectivity index (χ1n) is 5.33. The third-order valence-electron chi connectivity index (χ3n) is 2.60. The summed E-state index contributed by atoms with van der Waals surface area (Å²) in [6, 6.07) is 5.63. The van der Waals surface area contributed by atoms with Gasteiger partial charge in [0.15, 0.2) is 11.6 Å². The molecule has 0 bridgehead atoms. The van der Waals surface area contributed by atoms with Crippen LogP contribution < -0.4 is 5.63 Å². The zero-order chi connectivity index (χ0) is 14.0. The minimum Gasteiger partial charge on any atom is -0.423 e. The molecule has 4 nitrogen and oxygen atoms in total.